The SMILES string of the molecule is CCNC(C)(COCCOC(C)C)C(N)=O. The maximum atomic E-state index is 11.2. The van der Waals surface area contributed by atoms with Crippen LogP contribution in [0.4, 0.5) is 0 Å². The predicted molar refractivity (Wildman–Crippen MR) is 63.2 cm³/mol. The highest BCUT2D eigenvalue weighted by Gasteiger charge is 2.29. The van der Waals surface area contributed by atoms with Gasteiger partial charge in [0.15, 0.2) is 0 Å². The molecule has 96 valence electrons. The Balaban J connectivity index is 3.81. The van der Waals surface area contributed by atoms with Gasteiger partial charge < -0.3 is 20.5 Å². The van der Waals surface area contributed by atoms with Crippen LogP contribution >= 0.6 is 0 Å². The minimum atomic E-state index is -0.799. The highest BCUT2D eigenvalue weighted by molar-refractivity contribution is 5.84. The van der Waals surface area contributed by atoms with Crippen LogP contribution in [-0.2, 0) is 14.3 Å². The third kappa shape index (κ3) is 6.05. The topological polar surface area (TPSA) is 73.6 Å². The first-order valence-electron chi connectivity index (χ1n) is 5.66. The Morgan fingerprint density at radius 3 is 2.50 bits per heavy atom. The summed E-state index contributed by atoms with van der Waals surface area (Å²) < 4.78 is 10.7. The van der Waals surface area contributed by atoms with E-state index in [9.17, 15) is 4.79 Å². The van der Waals surface area contributed by atoms with Gasteiger partial charge in [0, 0.05) is 0 Å². The quantitative estimate of drug-likeness (QED) is 0.560. The molecule has 0 aromatic carbocycles. The second-order valence-electron chi connectivity index (χ2n) is 4.20. The molecule has 0 spiro atoms. The van der Waals surface area contributed by atoms with Crippen molar-refractivity contribution in [2.45, 2.75) is 39.3 Å². The number of amides is 1. The molecule has 1 atom stereocenters. The van der Waals surface area contributed by atoms with Crippen molar-refractivity contribution in [3.63, 3.8) is 0 Å². The number of likely N-dealkylation sites (N-methyl/N-ethyl adjacent to an activating group) is 1. The molecule has 0 bridgehead atoms. The lowest BCUT2D eigenvalue weighted by atomic mass is 10.0. The van der Waals surface area contributed by atoms with Gasteiger partial charge in [0.05, 0.1) is 25.9 Å². The smallest absolute Gasteiger partial charge is 0.239 e. The first-order chi connectivity index (χ1) is 7.42. The number of carbonyl (C=O) groups is 1. The third-order valence-electron chi connectivity index (χ3n) is 2.18. The normalized spacial score (nSPS) is 15.1. The molecule has 0 saturated carbocycles. The molecule has 0 fully saturated rings. The Kier molecular flexibility index (Phi) is 7.29. The van der Waals surface area contributed by atoms with Crippen LogP contribution in [0, 0.1) is 0 Å². The highest BCUT2D eigenvalue weighted by atomic mass is 16.5. The lowest BCUT2D eigenvalue weighted by molar-refractivity contribution is -0.126. The Morgan fingerprint density at radius 1 is 1.44 bits per heavy atom. The molecule has 0 rings (SSSR count). The standard InChI is InChI=1S/C11H24N2O3/c1-5-13-11(4,10(12)14)8-15-6-7-16-9(2)3/h9,13H,5-8H2,1-4H3,(H2,12,14). The molecular weight excluding hydrogens is 208 g/mol. The Labute approximate surface area is 97.7 Å². The van der Waals surface area contributed by atoms with E-state index in [4.69, 9.17) is 15.2 Å². The van der Waals surface area contributed by atoms with Crippen LogP contribution in [0.25, 0.3) is 0 Å². The average molecular weight is 232 g/mol. The fraction of sp³-hybridized carbons (Fsp3) is 0.909. The molecule has 0 aromatic rings. The Bertz CT molecular complexity index is 209. The average Bonchev–Trinajstić information content (AvgIpc) is 2.17. The van der Waals surface area contributed by atoms with Gasteiger partial charge in [0.25, 0.3) is 0 Å². The number of hydrogen-bond acceptors (Lipinski definition) is 4. The molecule has 5 heteroatoms. The lowest BCUT2D eigenvalue weighted by Crippen LogP contribution is -2.56. The van der Waals surface area contributed by atoms with Crippen LogP contribution in [0.15, 0.2) is 0 Å². The van der Waals surface area contributed by atoms with E-state index in [-0.39, 0.29) is 12.7 Å². The van der Waals surface area contributed by atoms with Gasteiger partial charge in [0.1, 0.15) is 5.54 Å². The molecule has 0 heterocycles. The van der Waals surface area contributed by atoms with Gasteiger partial charge in [0.2, 0.25) is 5.91 Å². The summed E-state index contributed by atoms with van der Waals surface area (Å²) in [5.74, 6) is -0.404. The van der Waals surface area contributed by atoms with Gasteiger partial charge in [-0.3, -0.25) is 4.79 Å². The first kappa shape index (κ1) is 15.3. The van der Waals surface area contributed by atoms with Crippen LogP contribution < -0.4 is 11.1 Å². The molecular formula is C11H24N2O3. The van der Waals surface area contributed by atoms with E-state index >= 15 is 0 Å². The predicted octanol–water partition coefficient (Wildman–Crippen LogP) is 0.282. The van der Waals surface area contributed by atoms with Crippen LogP contribution in [0.2, 0.25) is 0 Å². The zero-order chi connectivity index (χ0) is 12.6. The zero-order valence-corrected chi connectivity index (χ0v) is 10.7. The van der Waals surface area contributed by atoms with Gasteiger partial charge in [-0.25, -0.2) is 0 Å². The number of nitrogens with two attached hydrogens (primary N) is 1. The molecule has 0 aliphatic rings. The Morgan fingerprint density at radius 2 is 2.06 bits per heavy atom. The largest absolute Gasteiger partial charge is 0.377 e. The molecule has 0 radical (unpaired) electrons. The highest BCUT2D eigenvalue weighted by Crippen LogP contribution is 2.03. The van der Waals surface area contributed by atoms with Crippen molar-refractivity contribution >= 4 is 5.91 Å². The summed E-state index contributed by atoms with van der Waals surface area (Å²) in [7, 11) is 0. The van der Waals surface area contributed by atoms with Crippen molar-refractivity contribution < 1.29 is 14.3 Å². The molecule has 0 aromatic heterocycles. The molecule has 5 nitrogen and oxygen atoms in total. The van der Waals surface area contributed by atoms with Crippen LogP contribution in [0.1, 0.15) is 27.7 Å². The molecule has 16 heavy (non-hydrogen) atoms. The summed E-state index contributed by atoms with van der Waals surface area (Å²) in [6.07, 6.45) is 0.194. The summed E-state index contributed by atoms with van der Waals surface area (Å²) in [4.78, 5) is 11.2. The maximum Gasteiger partial charge on any atom is 0.239 e. The van der Waals surface area contributed by atoms with Crippen LogP contribution in [0.5, 0.6) is 0 Å². The van der Waals surface area contributed by atoms with Gasteiger partial charge in [-0.2, -0.15) is 0 Å². The summed E-state index contributed by atoms with van der Waals surface area (Å²) in [5, 5.41) is 3.02. The van der Waals surface area contributed by atoms with Crippen LogP contribution in [-0.4, -0.2) is 43.9 Å². The minimum Gasteiger partial charge on any atom is -0.377 e. The van der Waals surface area contributed by atoms with Crippen molar-refractivity contribution in [1.82, 2.24) is 5.32 Å². The molecule has 0 aliphatic heterocycles. The number of carbonyl (C=O) groups excluding carboxylic acids is 1. The third-order valence-corrected chi connectivity index (χ3v) is 2.18. The zero-order valence-electron chi connectivity index (χ0n) is 10.7. The van der Waals surface area contributed by atoms with Crippen molar-refractivity contribution in [2.75, 3.05) is 26.4 Å². The van der Waals surface area contributed by atoms with E-state index in [1.54, 1.807) is 6.92 Å². The molecule has 1 unspecified atom stereocenters. The Hall–Kier alpha value is -0.650. The number of primary amides is 1. The first-order valence-corrected chi connectivity index (χ1v) is 5.66. The van der Waals surface area contributed by atoms with E-state index in [1.165, 1.54) is 0 Å². The van der Waals surface area contributed by atoms with E-state index < -0.39 is 11.4 Å². The second-order valence-corrected chi connectivity index (χ2v) is 4.20. The number of hydrogen-bond donors (Lipinski definition) is 2. The monoisotopic (exact) mass is 232 g/mol. The minimum absolute atomic E-state index is 0.194. The summed E-state index contributed by atoms with van der Waals surface area (Å²) in [6.45, 7) is 9.51. The molecule has 3 N–H and O–H groups in total. The number of rotatable bonds is 9. The van der Waals surface area contributed by atoms with E-state index in [2.05, 4.69) is 5.32 Å². The van der Waals surface area contributed by atoms with Gasteiger partial charge >= 0.3 is 0 Å². The number of nitrogens with one attached hydrogen (secondary N) is 1. The fourth-order valence-corrected chi connectivity index (χ4v) is 1.22. The van der Waals surface area contributed by atoms with Crippen molar-refractivity contribution in [3.05, 3.63) is 0 Å². The summed E-state index contributed by atoms with van der Waals surface area (Å²) in [5.41, 5.74) is 4.51. The fourth-order valence-electron chi connectivity index (χ4n) is 1.22. The molecule has 1 amide bonds. The summed E-state index contributed by atoms with van der Waals surface area (Å²) in [6, 6.07) is 0. The molecule has 0 aliphatic carbocycles. The van der Waals surface area contributed by atoms with E-state index in [0.29, 0.717) is 19.8 Å². The van der Waals surface area contributed by atoms with Crippen molar-refractivity contribution in [3.8, 4) is 0 Å². The van der Waals surface area contributed by atoms with Gasteiger partial charge in [-0.1, -0.05) is 6.92 Å². The van der Waals surface area contributed by atoms with Gasteiger partial charge in [-0.05, 0) is 27.3 Å². The lowest BCUT2D eigenvalue weighted by Gasteiger charge is -2.26. The van der Waals surface area contributed by atoms with E-state index in [0.717, 1.165) is 0 Å². The number of ether oxygens (including phenoxy) is 2. The van der Waals surface area contributed by atoms with Gasteiger partial charge in [-0.15, -0.1) is 0 Å². The van der Waals surface area contributed by atoms with Crippen LogP contribution in [0.3, 0.4) is 0 Å². The maximum absolute atomic E-state index is 11.2. The van der Waals surface area contributed by atoms with Crippen molar-refractivity contribution in [2.24, 2.45) is 5.73 Å². The second kappa shape index (κ2) is 7.60. The van der Waals surface area contributed by atoms with Crippen molar-refractivity contribution in [1.29, 1.82) is 0 Å². The molecule has 0 saturated heterocycles. The van der Waals surface area contributed by atoms with E-state index in [1.807, 2.05) is 20.8 Å². The summed E-state index contributed by atoms with van der Waals surface area (Å²) >= 11 is 0.